The van der Waals surface area contributed by atoms with Crippen LogP contribution in [-0.4, -0.2) is 47.4 Å². The van der Waals surface area contributed by atoms with Crippen molar-refractivity contribution in [2.45, 2.75) is 46.8 Å². The van der Waals surface area contributed by atoms with Gasteiger partial charge in [0.1, 0.15) is 0 Å². The Balaban J connectivity index is 1.39. The van der Waals surface area contributed by atoms with Gasteiger partial charge in [-0.05, 0) is 58.0 Å². The minimum Gasteiger partial charge on any atom is -0.334 e. The summed E-state index contributed by atoms with van der Waals surface area (Å²) in [7, 11) is 0. The maximum Gasteiger partial charge on any atom is 0.257 e. The molecular weight excluding hydrogens is 502 g/mol. The molecular formula is C28H30ClN7O2. The number of benzene rings is 2. The number of aromatic nitrogens is 6. The van der Waals surface area contributed by atoms with Gasteiger partial charge in [0, 0.05) is 29.2 Å². The quantitative estimate of drug-likeness (QED) is 0.212. The number of hydrogen-bond donors (Lipinski definition) is 0. The number of aryl methyl sites for hydroxylation is 4. The van der Waals surface area contributed by atoms with Crippen molar-refractivity contribution in [1.29, 1.82) is 0 Å². The standard InChI is InChI=1S/C28H30ClN7O2/c1-18-5-9-22(10-6-18)27-30-25(33-37-27)16-35(15-24(14-29)36-21(4)13-20(3)32-36)17-26-31-28(38-34-26)23-11-7-19(2)8-12-23/h5-13,24H,14-17H2,1-4H3. The second-order valence-electron chi connectivity index (χ2n) is 9.61. The first-order valence-electron chi connectivity index (χ1n) is 12.5. The maximum absolute atomic E-state index is 6.44. The van der Waals surface area contributed by atoms with E-state index in [-0.39, 0.29) is 6.04 Å². The second-order valence-corrected chi connectivity index (χ2v) is 9.92. The van der Waals surface area contributed by atoms with Crippen LogP contribution in [0.5, 0.6) is 0 Å². The van der Waals surface area contributed by atoms with E-state index in [0.29, 0.717) is 48.9 Å². The summed E-state index contributed by atoms with van der Waals surface area (Å²) in [6.07, 6.45) is 0. The van der Waals surface area contributed by atoms with E-state index < -0.39 is 0 Å². The van der Waals surface area contributed by atoms with Gasteiger partial charge in [-0.15, -0.1) is 11.6 Å². The third-order valence-electron chi connectivity index (χ3n) is 6.30. The van der Waals surface area contributed by atoms with Crippen molar-refractivity contribution >= 4 is 11.6 Å². The number of nitrogens with zero attached hydrogens (tertiary/aromatic N) is 7. The molecule has 0 aliphatic heterocycles. The van der Waals surface area contributed by atoms with E-state index in [0.717, 1.165) is 22.5 Å². The Bertz CT molecular complexity index is 1400. The van der Waals surface area contributed by atoms with Gasteiger partial charge >= 0.3 is 0 Å². The highest BCUT2D eigenvalue weighted by atomic mass is 35.5. The summed E-state index contributed by atoms with van der Waals surface area (Å²) in [6.45, 7) is 9.49. The molecule has 10 heteroatoms. The predicted molar refractivity (Wildman–Crippen MR) is 145 cm³/mol. The maximum atomic E-state index is 6.44. The normalized spacial score (nSPS) is 12.4. The van der Waals surface area contributed by atoms with Crippen LogP contribution in [0.1, 0.15) is 40.2 Å². The molecule has 0 fully saturated rings. The summed E-state index contributed by atoms with van der Waals surface area (Å²) in [4.78, 5) is 11.4. The first kappa shape index (κ1) is 25.8. The minimum absolute atomic E-state index is 0.0719. The van der Waals surface area contributed by atoms with Crippen molar-refractivity contribution < 1.29 is 9.05 Å². The molecule has 196 valence electrons. The lowest BCUT2D eigenvalue weighted by molar-refractivity contribution is 0.201. The van der Waals surface area contributed by atoms with Gasteiger partial charge in [0.05, 0.1) is 24.8 Å². The Kier molecular flexibility index (Phi) is 7.67. The number of rotatable bonds is 10. The third kappa shape index (κ3) is 6.00. The molecule has 3 heterocycles. The molecule has 0 bridgehead atoms. The van der Waals surface area contributed by atoms with Crippen molar-refractivity contribution in [3.8, 4) is 22.9 Å². The Hall–Kier alpha value is -3.82. The van der Waals surface area contributed by atoms with Gasteiger partial charge < -0.3 is 9.05 Å². The van der Waals surface area contributed by atoms with Crippen molar-refractivity contribution in [1.82, 2.24) is 35.0 Å². The third-order valence-corrected chi connectivity index (χ3v) is 6.66. The molecule has 2 aromatic carbocycles. The Morgan fingerprint density at radius 1 is 0.789 bits per heavy atom. The van der Waals surface area contributed by atoms with Gasteiger partial charge in [0.2, 0.25) is 0 Å². The van der Waals surface area contributed by atoms with E-state index >= 15 is 0 Å². The van der Waals surface area contributed by atoms with Crippen LogP contribution >= 0.6 is 11.6 Å². The summed E-state index contributed by atoms with van der Waals surface area (Å²) in [6, 6.07) is 18.0. The minimum atomic E-state index is -0.0719. The molecule has 5 aromatic rings. The molecule has 0 saturated heterocycles. The van der Waals surface area contributed by atoms with Gasteiger partial charge in [-0.3, -0.25) is 9.58 Å². The van der Waals surface area contributed by atoms with Crippen molar-refractivity contribution in [2.75, 3.05) is 12.4 Å². The molecule has 9 nitrogen and oxygen atoms in total. The monoisotopic (exact) mass is 531 g/mol. The van der Waals surface area contributed by atoms with Crippen molar-refractivity contribution in [3.63, 3.8) is 0 Å². The van der Waals surface area contributed by atoms with Crippen LogP contribution in [-0.2, 0) is 13.1 Å². The van der Waals surface area contributed by atoms with E-state index in [4.69, 9.17) is 20.6 Å². The Morgan fingerprint density at radius 3 is 1.71 bits per heavy atom. The fraction of sp³-hybridized carbons (Fsp3) is 0.321. The first-order valence-corrected chi connectivity index (χ1v) is 13.0. The predicted octanol–water partition coefficient (Wildman–Crippen LogP) is 5.70. The summed E-state index contributed by atoms with van der Waals surface area (Å²) in [5, 5.41) is 13.1. The van der Waals surface area contributed by atoms with Crippen molar-refractivity contribution in [3.05, 3.63) is 88.8 Å². The number of hydrogen-bond acceptors (Lipinski definition) is 8. The summed E-state index contributed by atoms with van der Waals surface area (Å²) < 4.78 is 13.1. The van der Waals surface area contributed by atoms with Crippen LogP contribution in [0.3, 0.4) is 0 Å². The largest absolute Gasteiger partial charge is 0.334 e. The molecule has 3 aromatic heterocycles. The van der Waals surface area contributed by atoms with Crippen LogP contribution in [0, 0.1) is 27.7 Å². The van der Waals surface area contributed by atoms with Gasteiger partial charge in [-0.1, -0.05) is 45.7 Å². The van der Waals surface area contributed by atoms with E-state index in [1.54, 1.807) is 0 Å². The van der Waals surface area contributed by atoms with Crippen LogP contribution < -0.4 is 0 Å². The Labute approximate surface area is 226 Å². The molecule has 1 unspecified atom stereocenters. The molecule has 0 aliphatic carbocycles. The average molecular weight is 532 g/mol. The lowest BCUT2D eigenvalue weighted by Gasteiger charge is -2.25. The highest BCUT2D eigenvalue weighted by Crippen LogP contribution is 2.22. The van der Waals surface area contributed by atoms with Gasteiger partial charge in [0.15, 0.2) is 11.6 Å². The van der Waals surface area contributed by atoms with E-state index in [2.05, 4.69) is 30.3 Å². The zero-order valence-electron chi connectivity index (χ0n) is 21.9. The molecule has 0 aliphatic rings. The number of alkyl halides is 1. The lowest BCUT2D eigenvalue weighted by atomic mass is 10.1. The molecule has 0 amide bonds. The topological polar surface area (TPSA) is 98.9 Å². The van der Waals surface area contributed by atoms with Crippen LogP contribution in [0.4, 0.5) is 0 Å². The second kappa shape index (κ2) is 11.3. The zero-order chi connectivity index (χ0) is 26.6. The van der Waals surface area contributed by atoms with Gasteiger partial charge in [-0.25, -0.2) is 0 Å². The number of halogens is 1. The summed E-state index contributed by atoms with van der Waals surface area (Å²) in [5.41, 5.74) is 6.09. The lowest BCUT2D eigenvalue weighted by Crippen LogP contribution is -2.33. The summed E-state index contributed by atoms with van der Waals surface area (Å²) >= 11 is 6.44. The highest BCUT2D eigenvalue weighted by molar-refractivity contribution is 6.18. The molecule has 0 saturated carbocycles. The smallest absolute Gasteiger partial charge is 0.257 e. The molecule has 5 rings (SSSR count). The molecule has 38 heavy (non-hydrogen) atoms. The van der Waals surface area contributed by atoms with Crippen LogP contribution in [0.15, 0.2) is 63.6 Å². The highest BCUT2D eigenvalue weighted by Gasteiger charge is 2.22. The molecule has 0 radical (unpaired) electrons. The fourth-order valence-corrected chi connectivity index (χ4v) is 4.58. The van der Waals surface area contributed by atoms with E-state index in [1.165, 1.54) is 11.1 Å². The first-order chi connectivity index (χ1) is 18.4. The molecule has 0 spiro atoms. The van der Waals surface area contributed by atoms with Crippen LogP contribution in [0.2, 0.25) is 0 Å². The van der Waals surface area contributed by atoms with Gasteiger partial charge in [-0.2, -0.15) is 15.1 Å². The Morgan fingerprint density at radius 2 is 1.29 bits per heavy atom. The SMILES string of the molecule is Cc1ccc(-c2nc(CN(Cc3noc(-c4ccc(C)cc4)n3)CC(CCl)n3nc(C)cc3C)no2)cc1. The average Bonchev–Trinajstić information content (AvgIpc) is 3.64. The molecule has 1 atom stereocenters. The van der Waals surface area contributed by atoms with Crippen LogP contribution in [0.25, 0.3) is 22.9 Å². The molecule has 0 N–H and O–H groups in total. The zero-order valence-corrected chi connectivity index (χ0v) is 22.7. The van der Waals surface area contributed by atoms with E-state index in [1.807, 2.05) is 87.0 Å². The summed E-state index contributed by atoms with van der Waals surface area (Å²) in [5.74, 6) is 2.47. The fourth-order valence-electron chi connectivity index (χ4n) is 4.35. The van der Waals surface area contributed by atoms with E-state index in [9.17, 15) is 0 Å². The van der Waals surface area contributed by atoms with Gasteiger partial charge in [0.25, 0.3) is 11.8 Å². The van der Waals surface area contributed by atoms with Crippen molar-refractivity contribution in [2.24, 2.45) is 0 Å².